The molecule has 0 N–H and O–H groups in total. The van der Waals surface area contributed by atoms with Crippen LogP contribution >= 0.6 is 11.3 Å². The number of aromatic nitrogens is 1. The second-order valence-electron chi connectivity index (χ2n) is 5.04. The zero-order valence-corrected chi connectivity index (χ0v) is 13.8. The number of hydrogen-bond donors (Lipinski definition) is 0. The lowest BCUT2D eigenvalue weighted by Gasteiger charge is -2.23. The molecule has 0 amide bonds. The van der Waals surface area contributed by atoms with Crippen molar-refractivity contribution in [3.05, 3.63) is 43.9 Å². The van der Waals surface area contributed by atoms with Crippen LogP contribution in [0.5, 0.6) is 5.75 Å². The van der Waals surface area contributed by atoms with Gasteiger partial charge in [0, 0.05) is 10.9 Å². The fraction of sp³-hybridized carbons (Fsp3) is 0.467. The summed E-state index contributed by atoms with van der Waals surface area (Å²) in [5.74, 6) is 0.833. The first-order valence-corrected chi connectivity index (χ1v) is 7.54. The smallest absolute Gasteiger partial charge is 0.227 e. The Morgan fingerprint density at radius 2 is 2.19 bits per heavy atom. The van der Waals surface area contributed by atoms with Gasteiger partial charge in [0.15, 0.2) is 0 Å². The highest BCUT2D eigenvalue weighted by Gasteiger charge is 2.18. The molecule has 0 aliphatic carbocycles. The van der Waals surface area contributed by atoms with Crippen LogP contribution in [0.1, 0.15) is 34.3 Å². The molecular formula is C15H20N2O3S. The van der Waals surface area contributed by atoms with E-state index in [0.29, 0.717) is 12.3 Å². The fourth-order valence-electron chi connectivity index (χ4n) is 2.19. The van der Waals surface area contributed by atoms with E-state index in [1.807, 2.05) is 14.0 Å². The maximum atomic E-state index is 11.7. The van der Waals surface area contributed by atoms with Crippen LogP contribution in [-0.2, 0) is 6.54 Å². The van der Waals surface area contributed by atoms with Crippen molar-refractivity contribution >= 4 is 11.3 Å². The van der Waals surface area contributed by atoms with Crippen molar-refractivity contribution in [2.24, 2.45) is 0 Å². The molecule has 2 heterocycles. The first-order chi connectivity index (χ1) is 9.92. The molecule has 114 valence electrons. The standard InChI is InChI=1S/C15H20N2O3S/c1-9(15-10(2)21-11(3)16-15)17(4)7-12-6-13(18)14(19-5)8-20-12/h6,8-9H,7H2,1-5H3/t9-/m1/s1. The normalized spacial score (nSPS) is 12.7. The van der Waals surface area contributed by atoms with E-state index in [0.717, 1.165) is 10.7 Å². The summed E-state index contributed by atoms with van der Waals surface area (Å²) in [6.07, 6.45) is 1.36. The molecule has 5 nitrogen and oxygen atoms in total. The van der Waals surface area contributed by atoms with Gasteiger partial charge in [-0.25, -0.2) is 4.98 Å². The molecule has 21 heavy (non-hydrogen) atoms. The summed E-state index contributed by atoms with van der Waals surface area (Å²) in [6.45, 7) is 6.73. The van der Waals surface area contributed by atoms with Gasteiger partial charge in [-0.05, 0) is 27.8 Å². The van der Waals surface area contributed by atoms with Crippen molar-refractivity contribution in [2.75, 3.05) is 14.2 Å². The average molecular weight is 308 g/mol. The molecule has 1 atom stereocenters. The molecule has 0 aliphatic heterocycles. The fourth-order valence-corrected chi connectivity index (χ4v) is 3.10. The molecule has 0 aliphatic rings. The monoisotopic (exact) mass is 308 g/mol. The van der Waals surface area contributed by atoms with E-state index in [1.54, 1.807) is 11.3 Å². The van der Waals surface area contributed by atoms with Gasteiger partial charge in [0.05, 0.1) is 30.4 Å². The van der Waals surface area contributed by atoms with E-state index in [-0.39, 0.29) is 17.2 Å². The molecule has 0 saturated heterocycles. The van der Waals surface area contributed by atoms with Gasteiger partial charge < -0.3 is 9.15 Å². The van der Waals surface area contributed by atoms with Crippen LogP contribution in [0.3, 0.4) is 0 Å². The van der Waals surface area contributed by atoms with Gasteiger partial charge in [-0.2, -0.15) is 0 Å². The zero-order chi connectivity index (χ0) is 15.6. The van der Waals surface area contributed by atoms with Crippen molar-refractivity contribution in [3.8, 4) is 5.75 Å². The van der Waals surface area contributed by atoms with Gasteiger partial charge in [-0.15, -0.1) is 11.3 Å². The van der Waals surface area contributed by atoms with Gasteiger partial charge in [-0.3, -0.25) is 9.69 Å². The van der Waals surface area contributed by atoms with Gasteiger partial charge in [0.2, 0.25) is 11.2 Å². The Hall–Kier alpha value is -1.66. The molecular weight excluding hydrogens is 288 g/mol. The second-order valence-corrected chi connectivity index (χ2v) is 6.45. The summed E-state index contributed by atoms with van der Waals surface area (Å²) in [5, 5.41) is 1.07. The van der Waals surface area contributed by atoms with Crippen molar-refractivity contribution in [1.82, 2.24) is 9.88 Å². The summed E-state index contributed by atoms with van der Waals surface area (Å²) in [7, 11) is 3.44. The SMILES string of the molecule is COc1coc(CN(C)[C@H](C)c2nc(C)sc2C)cc1=O. The Kier molecular flexibility index (Phi) is 4.80. The molecule has 2 aromatic rings. The summed E-state index contributed by atoms with van der Waals surface area (Å²) in [5.41, 5.74) is 0.913. The van der Waals surface area contributed by atoms with E-state index >= 15 is 0 Å². The number of hydrogen-bond acceptors (Lipinski definition) is 6. The van der Waals surface area contributed by atoms with E-state index in [1.165, 1.54) is 24.3 Å². The highest BCUT2D eigenvalue weighted by Crippen LogP contribution is 2.26. The van der Waals surface area contributed by atoms with Crippen molar-refractivity contribution in [1.29, 1.82) is 0 Å². The van der Waals surface area contributed by atoms with E-state index in [4.69, 9.17) is 9.15 Å². The van der Waals surface area contributed by atoms with Gasteiger partial charge in [0.1, 0.15) is 12.0 Å². The molecule has 0 saturated carbocycles. The highest BCUT2D eigenvalue weighted by atomic mass is 32.1. The third kappa shape index (κ3) is 3.51. The van der Waals surface area contributed by atoms with E-state index < -0.39 is 0 Å². The maximum absolute atomic E-state index is 11.7. The molecule has 0 unspecified atom stereocenters. The quantitative estimate of drug-likeness (QED) is 0.850. The van der Waals surface area contributed by atoms with Crippen LogP contribution in [0.4, 0.5) is 0 Å². The number of rotatable bonds is 5. The van der Waals surface area contributed by atoms with E-state index in [2.05, 4.69) is 23.7 Å². The van der Waals surface area contributed by atoms with Crippen LogP contribution < -0.4 is 10.2 Å². The summed E-state index contributed by atoms with van der Waals surface area (Å²) in [4.78, 5) is 19.6. The van der Waals surface area contributed by atoms with Crippen LogP contribution in [0.15, 0.2) is 21.5 Å². The first kappa shape index (κ1) is 15.7. The van der Waals surface area contributed by atoms with Crippen LogP contribution in [-0.4, -0.2) is 24.0 Å². The Morgan fingerprint density at radius 3 is 2.71 bits per heavy atom. The lowest BCUT2D eigenvalue weighted by atomic mass is 10.2. The topological polar surface area (TPSA) is 55.6 Å². The number of methoxy groups -OCH3 is 1. The summed E-state index contributed by atoms with van der Waals surface area (Å²) in [6, 6.07) is 1.63. The summed E-state index contributed by atoms with van der Waals surface area (Å²) >= 11 is 1.70. The highest BCUT2D eigenvalue weighted by molar-refractivity contribution is 7.11. The number of nitrogens with zero attached hydrogens (tertiary/aromatic N) is 2. The van der Waals surface area contributed by atoms with E-state index in [9.17, 15) is 4.79 Å². The molecule has 0 spiro atoms. The number of aryl methyl sites for hydroxylation is 2. The van der Waals surface area contributed by atoms with Crippen LogP contribution in [0.25, 0.3) is 0 Å². The van der Waals surface area contributed by atoms with Crippen molar-refractivity contribution in [3.63, 3.8) is 0 Å². The first-order valence-electron chi connectivity index (χ1n) is 6.72. The molecule has 0 aromatic carbocycles. The van der Waals surface area contributed by atoms with Crippen LogP contribution in [0.2, 0.25) is 0 Å². The third-order valence-corrected chi connectivity index (χ3v) is 4.38. The Bertz CT molecular complexity index is 678. The second kappa shape index (κ2) is 6.41. The molecule has 2 aromatic heterocycles. The predicted molar refractivity (Wildman–Crippen MR) is 83.0 cm³/mol. The molecule has 0 fully saturated rings. The molecule has 2 rings (SSSR count). The minimum absolute atomic E-state index is 0.155. The summed E-state index contributed by atoms with van der Waals surface area (Å²) < 4.78 is 10.3. The minimum atomic E-state index is -0.166. The maximum Gasteiger partial charge on any atom is 0.227 e. The predicted octanol–water partition coefficient (Wildman–Crippen LogP) is 2.91. The zero-order valence-electron chi connectivity index (χ0n) is 13.0. The Labute approximate surface area is 128 Å². The number of thiazole rings is 1. The average Bonchev–Trinajstić information content (AvgIpc) is 2.77. The van der Waals surface area contributed by atoms with Crippen LogP contribution in [0, 0.1) is 13.8 Å². The molecule has 6 heteroatoms. The largest absolute Gasteiger partial charge is 0.490 e. The van der Waals surface area contributed by atoms with Crippen molar-refractivity contribution in [2.45, 2.75) is 33.4 Å². The van der Waals surface area contributed by atoms with Crippen molar-refractivity contribution < 1.29 is 9.15 Å². The Balaban J connectivity index is 2.14. The molecule has 0 bridgehead atoms. The van der Waals surface area contributed by atoms with Gasteiger partial charge in [0.25, 0.3) is 0 Å². The third-order valence-electron chi connectivity index (χ3n) is 3.47. The van der Waals surface area contributed by atoms with Gasteiger partial charge >= 0.3 is 0 Å². The van der Waals surface area contributed by atoms with Gasteiger partial charge in [-0.1, -0.05) is 0 Å². The lowest BCUT2D eigenvalue weighted by molar-refractivity contribution is 0.225. The minimum Gasteiger partial charge on any atom is -0.490 e. The Morgan fingerprint density at radius 1 is 1.48 bits per heavy atom. The number of ether oxygens (including phenoxy) is 1. The molecule has 0 radical (unpaired) electrons. The lowest BCUT2D eigenvalue weighted by Crippen LogP contribution is -2.23.